The van der Waals surface area contributed by atoms with Crippen LogP contribution in [0.3, 0.4) is 0 Å². The molecule has 2 rings (SSSR count). The van der Waals surface area contributed by atoms with Crippen LogP contribution in [0.25, 0.3) is 0 Å². The summed E-state index contributed by atoms with van der Waals surface area (Å²) in [7, 11) is 0. The summed E-state index contributed by atoms with van der Waals surface area (Å²) in [5.74, 6) is 1.20. The molecule has 5 nitrogen and oxygen atoms in total. The number of rotatable bonds is 8. The Bertz CT molecular complexity index is 430. The third-order valence-corrected chi connectivity index (χ3v) is 2.65. The number of carbonyl (C=O) groups is 1. The van der Waals surface area contributed by atoms with Gasteiger partial charge in [0.2, 0.25) is 6.79 Å². The van der Waals surface area contributed by atoms with Crippen LogP contribution < -0.4 is 9.47 Å². The number of ether oxygens (including phenoxy) is 4. The van der Waals surface area contributed by atoms with E-state index in [1.807, 2.05) is 6.92 Å². The summed E-state index contributed by atoms with van der Waals surface area (Å²) < 4.78 is 20.9. The molecule has 0 radical (unpaired) electrons. The van der Waals surface area contributed by atoms with E-state index in [0.717, 1.165) is 13.0 Å². The van der Waals surface area contributed by atoms with Gasteiger partial charge in [-0.1, -0.05) is 6.92 Å². The second kappa shape index (κ2) is 7.11. The minimum absolute atomic E-state index is 0.0507. The predicted octanol–water partition coefficient (Wildman–Crippen LogP) is 2.04. The molecule has 1 aromatic carbocycles. The van der Waals surface area contributed by atoms with Gasteiger partial charge in [0, 0.05) is 12.2 Å². The number of carbonyl (C=O) groups excluding carboxylic acids is 1. The molecule has 5 heteroatoms. The highest BCUT2D eigenvalue weighted by molar-refractivity contribution is 5.97. The molecule has 0 aliphatic carbocycles. The number of hydrogen-bond donors (Lipinski definition) is 0. The lowest BCUT2D eigenvalue weighted by Gasteiger charge is -2.05. The predicted molar refractivity (Wildman–Crippen MR) is 68.8 cm³/mol. The first-order valence-electron chi connectivity index (χ1n) is 6.39. The molecule has 0 aromatic heterocycles. The van der Waals surface area contributed by atoms with Gasteiger partial charge in [0.05, 0.1) is 13.2 Å². The zero-order valence-corrected chi connectivity index (χ0v) is 11.0. The summed E-state index contributed by atoms with van der Waals surface area (Å²) in [4.78, 5) is 11.9. The van der Waals surface area contributed by atoms with Gasteiger partial charge in [-0.05, 0) is 24.6 Å². The average molecular weight is 266 g/mol. The summed E-state index contributed by atoms with van der Waals surface area (Å²) in [5.41, 5.74) is 0.568. The molecule has 0 unspecified atom stereocenters. The van der Waals surface area contributed by atoms with Gasteiger partial charge in [-0.15, -0.1) is 0 Å². The van der Waals surface area contributed by atoms with Crippen molar-refractivity contribution in [3.63, 3.8) is 0 Å². The molecular weight excluding hydrogens is 248 g/mol. The quantitative estimate of drug-likeness (QED) is 0.532. The van der Waals surface area contributed by atoms with Crippen molar-refractivity contribution in [1.29, 1.82) is 0 Å². The SMILES string of the molecule is CCCOCCOCC(=O)c1ccc2c(c1)OCO2. The third kappa shape index (κ3) is 3.94. The fourth-order valence-electron chi connectivity index (χ4n) is 1.68. The fraction of sp³-hybridized carbons (Fsp3) is 0.500. The number of hydrogen-bond acceptors (Lipinski definition) is 5. The number of ketones is 1. The van der Waals surface area contributed by atoms with Crippen LogP contribution in [0.15, 0.2) is 18.2 Å². The van der Waals surface area contributed by atoms with E-state index in [0.29, 0.717) is 30.3 Å². The Morgan fingerprint density at radius 3 is 2.79 bits per heavy atom. The summed E-state index contributed by atoms with van der Waals surface area (Å²) >= 11 is 0. The van der Waals surface area contributed by atoms with Crippen LogP contribution in [-0.4, -0.2) is 39.0 Å². The van der Waals surface area contributed by atoms with Gasteiger partial charge < -0.3 is 18.9 Å². The van der Waals surface area contributed by atoms with Crippen LogP contribution in [0.2, 0.25) is 0 Å². The van der Waals surface area contributed by atoms with Crippen LogP contribution in [0.5, 0.6) is 11.5 Å². The van der Waals surface area contributed by atoms with Crippen LogP contribution in [0.1, 0.15) is 23.7 Å². The van der Waals surface area contributed by atoms with Crippen molar-refractivity contribution in [1.82, 2.24) is 0 Å². The number of Topliss-reactive ketones (excluding diaryl/α,β-unsaturated/α-hetero) is 1. The molecule has 1 aromatic rings. The molecule has 0 fully saturated rings. The zero-order valence-electron chi connectivity index (χ0n) is 11.0. The van der Waals surface area contributed by atoms with E-state index in [9.17, 15) is 4.79 Å². The zero-order chi connectivity index (χ0) is 13.5. The highest BCUT2D eigenvalue weighted by atomic mass is 16.7. The Kier molecular flexibility index (Phi) is 5.18. The highest BCUT2D eigenvalue weighted by Crippen LogP contribution is 2.32. The lowest BCUT2D eigenvalue weighted by molar-refractivity contribution is 0.0441. The maximum atomic E-state index is 11.9. The Labute approximate surface area is 112 Å². The lowest BCUT2D eigenvalue weighted by Crippen LogP contribution is -2.12. The first kappa shape index (κ1) is 13.8. The monoisotopic (exact) mass is 266 g/mol. The molecule has 104 valence electrons. The van der Waals surface area contributed by atoms with Crippen molar-refractivity contribution in [2.75, 3.05) is 33.2 Å². The average Bonchev–Trinajstić information content (AvgIpc) is 2.89. The van der Waals surface area contributed by atoms with E-state index in [1.165, 1.54) is 0 Å². The molecule has 1 aliphatic heterocycles. The van der Waals surface area contributed by atoms with Crippen molar-refractivity contribution in [2.24, 2.45) is 0 Å². The van der Waals surface area contributed by atoms with Gasteiger partial charge in [0.25, 0.3) is 0 Å². The molecule has 1 aliphatic rings. The molecule has 19 heavy (non-hydrogen) atoms. The van der Waals surface area contributed by atoms with Gasteiger partial charge in [-0.3, -0.25) is 4.79 Å². The van der Waals surface area contributed by atoms with Crippen molar-refractivity contribution in [2.45, 2.75) is 13.3 Å². The first-order valence-corrected chi connectivity index (χ1v) is 6.39. The second-order valence-electron chi connectivity index (χ2n) is 4.16. The van der Waals surface area contributed by atoms with E-state index in [-0.39, 0.29) is 19.2 Å². The van der Waals surface area contributed by atoms with Crippen molar-refractivity contribution < 1.29 is 23.7 Å². The van der Waals surface area contributed by atoms with Crippen LogP contribution in [0, 0.1) is 0 Å². The molecule has 0 atom stereocenters. The van der Waals surface area contributed by atoms with Crippen LogP contribution in [0.4, 0.5) is 0 Å². The topological polar surface area (TPSA) is 54.0 Å². The Morgan fingerprint density at radius 1 is 1.16 bits per heavy atom. The van der Waals surface area contributed by atoms with E-state index in [4.69, 9.17) is 18.9 Å². The molecule has 0 spiro atoms. The Balaban J connectivity index is 1.74. The Morgan fingerprint density at radius 2 is 1.95 bits per heavy atom. The smallest absolute Gasteiger partial charge is 0.231 e. The number of benzene rings is 1. The van der Waals surface area contributed by atoms with Gasteiger partial charge in [0.15, 0.2) is 17.3 Å². The van der Waals surface area contributed by atoms with Gasteiger partial charge in [0.1, 0.15) is 6.61 Å². The fourth-order valence-corrected chi connectivity index (χ4v) is 1.68. The molecule has 0 saturated carbocycles. The Hall–Kier alpha value is -1.59. The number of fused-ring (bicyclic) bond motifs is 1. The first-order chi connectivity index (χ1) is 9.31. The summed E-state index contributed by atoms with van der Waals surface area (Å²) in [6.07, 6.45) is 0.982. The van der Waals surface area contributed by atoms with Crippen LogP contribution >= 0.6 is 0 Å². The lowest BCUT2D eigenvalue weighted by atomic mass is 10.1. The maximum absolute atomic E-state index is 11.9. The molecule has 0 amide bonds. The standard InChI is InChI=1S/C14H18O5/c1-2-5-16-6-7-17-9-12(15)11-3-4-13-14(8-11)19-10-18-13/h3-4,8H,2,5-7,9-10H2,1H3. The maximum Gasteiger partial charge on any atom is 0.231 e. The van der Waals surface area contributed by atoms with Crippen LogP contribution in [-0.2, 0) is 9.47 Å². The summed E-state index contributed by atoms with van der Waals surface area (Å²) in [5, 5.41) is 0. The largest absolute Gasteiger partial charge is 0.454 e. The minimum atomic E-state index is -0.0752. The minimum Gasteiger partial charge on any atom is -0.454 e. The highest BCUT2D eigenvalue weighted by Gasteiger charge is 2.16. The van der Waals surface area contributed by atoms with E-state index in [2.05, 4.69) is 0 Å². The molecular formula is C14H18O5. The summed E-state index contributed by atoms with van der Waals surface area (Å²) in [6.45, 7) is 3.97. The van der Waals surface area contributed by atoms with Gasteiger partial charge in [-0.2, -0.15) is 0 Å². The third-order valence-electron chi connectivity index (χ3n) is 2.65. The second-order valence-corrected chi connectivity index (χ2v) is 4.16. The molecule has 0 saturated heterocycles. The van der Waals surface area contributed by atoms with E-state index >= 15 is 0 Å². The van der Waals surface area contributed by atoms with Crippen molar-refractivity contribution in [3.05, 3.63) is 23.8 Å². The molecule has 0 N–H and O–H groups in total. The molecule has 1 heterocycles. The van der Waals surface area contributed by atoms with E-state index < -0.39 is 0 Å². The van der Waals surface area contributed by atoms with Crippen molar-refractivity contribution >= 4 is 5.78 Å². The van der Waals surface area contributed by atoms with Gasteiger partial charge in [-0.25, -0.2) is 0 Å². The van der Waals surface area contributed by atoms with Crippen molar-refractivity contribution in [3.8, 4) is 11.5 Å². The summed E-state index contributed by atoms with van der Waals surface area (Å²) in [6, 6.07) is 5.13. The van der Waals surface area contributed by atoms with E-state index in [1.54, 1.807) is 18.2 Å². The van der Waals surface area contributed by atoms with Gasteiger partial charge >= 0.3 is 0 Å². The molecule has 0 bridgehead atoms. The normalized spacial score (nSPS) is 12.7.